The molecule has 0 spiro atoms. The molecule has 0 fully saturated rings. The number of carbonyl (C=O) groups excluding carboxylic acids is 2. The molecular formula is C22H18BrClN2O3. The molecule has 0 radical (unpaired) electrons. The van der Waals surface area contributed by atoms with E-state index < -0.39 is 5.91 Å². The Hall–Kier alpha value is -2.83. The van der Waals surface area contributed by atoms with Gasteiger partial charge in [-0.25, -0.2) is 0 Å². The number of ether oxygens (including phenoxy) is 1. The fraction of sp³-hybridized carbons (Fsp3) is 0.0909. The van der Waals surface area contributed by atoms with Gasteiger partial charge in [0.25, 0.3) is 5.91 Å². The van der Waals surface area contributed by atoms with Crippen molar-refractivity contribution in [2.45, 2.75) is 6.42 Å². The van der Waals surface area contributed by atoms with Crippen LogP contribution in [0.3, 0.4) is 0 Å². The number of rotatable bonds is 6. The predicted molar refractivity (Wildman–Crippen MR) is 117 cm³/mol. The molecule has 29 heavy (non-hydrogen) atoms. The molecule has 0 bridgehead atoms. The van der Waals surface area contributed by atoms with E-state index in [-0.39, 0.29) is 18.9 Å². The Morgan fingerprint density at radius 1 is 0.862 bits per heavy atom. The average molecular weight is 474 g/mol. The van der Waals surface area contributed by atoms with Crippen LogP contribution < -0.4 is 15.6 Å². The summed E-state index contributed by atoms with van der Waals surface area (Å²) in [5.74, 6) is -0.269. The van der Waals surface area contributed by atoms with Gasteiger partial charge in [-0.3, -0.25) is 20.4 Å². The first-order valence-corrected chi connectivity index (χ1v) is 9.98. The third-order valence-electron chi connectivity index (χ3n) is 4.02. The highest BCUT2D eigenvalue weighted by atomic mass is 79.9. The Kier molecular flexibility index (Phi) is 7.27. The summed E-state index contributed by atoms with van der Waals surface area (Å²) in [4.78, 5) is 23.8. The molecule has 2 N–H and O–H groups in total. The summed E-state index contributed by atoms with van der Waals surface area (Å²) < 4.78 is 6.26. The minimum Gasteiger partial charge on any atom is -0.483 e. The van der Waals surface area contributed by atoms with E-state index in [1.54, 1.807) is 30.3 Å². The molecule has 0 aliphatic carbocycles. The molecule has 3 rings (SSSR count). The van der Waals surface area contributed by atoms with Crippen molar-refractivity contribution in [3.05, 3.63) is 87.9 Å². The third-order valence-corrected chi connectivity index (χ3v) is 4.89. The van der Waals surface area contributed by atoms with Crippen LogP contribution in [-0.4, -0.2) is 18.4 Å². The summed E-state index contributed by atoms with van der Waals surface area (Å²) in [7, 11) is 0. The Morgan fingerprint density at radius 2 is 1.55 bits per heavy atom. The maximum absolute atomic E-state index is 11.9. The van der Waals surface area contributed by atoms with Gasteiger partial charge in [-0.05, 0) is 56.9 Å². The molecule has 0 aliphatic heterocycles. The van der Waals surface area contributed by atoms with Crippen LogP contribution in [0.1, 0.15) is 5.56 Å². The van der Waals surface area contributed by atoms with Crippen LogP contribution in [0.25, 0.3) is 11.1 Å². The molecule has 3 aromatic carbocycles. The topological polar surface area (TPSA) is 67.4 Å². The SMILES string of the molecule is O=C(COc1ccc(-c2ccccc2)cc1Br)NNC(=O)Cc1ccc(Cl)cc1. The van der Waals surface area contributed by atoms with Crippen LogP contribution >= 0.6 is 27.5 Å². The van der Waals surface area contributed by atoms with Gasteiger partial charge >= 0.3 is 0 Å². The lowest BCUT2D eigenvalue weighted by molar-refractivity contribution is -0.129. The Balaban J connectivity index is 1.46. The van der Waals surface area contributed by atoms with Gasteiger partial charge in [-0.2, -0.15) is 0 Å². The van der Waals surface area contributed by atoms with Crippen molar-refractivity contribution in [3.8, 4) is 16.9 Å². The molecule has 0 saturated carbocycles. The van der Waals surface area contributed by atoms with Gasteiger partial charge in [-0.1, -0.05) is 60.1 Å². The fourth-order valence-electron chi connectivity index (χ4n) is 2.58. The van der Waals surface area contributed by atoms with Gasteiger partial charge in [0.2, 0.25) is 5.91 Å². The van der Waals surface area contributed by atoms with Crippen molar-refractivity contribution in [1.29, 1.82) is 0 Å². The lowest BCUT2D eigenvalue weighted by Gasteiger charge is -2.11. The second-order valence-corrected chi connectivity index (χ2v) is 7.49. The van der Waals surface area contributed by atoms with Crippen LogP contribution in [0, 0.1) is 0 Å². The van der Waals surface area contributed by atoms with Crippen LogP contribution in [0.4, 0.5) is 0 Å². The van der Waals surface area contributed by atoms with Crippen LogP contribution in [0.15, 0.2) is 77.3 Å². The van der Waals surface area contributed by atoms with E-state index in [2.05, 4.69) is 26.8 Å². The molecule has 0 saturated heterocycles. The number of nitrogens with one attached hydrogen (secondary N) is 2. The normalized spacial score (nSPS) is 10.3. The highest BCUT2D eigenvalue weighted by Gasteiger charge is 2.09. The number of hydrogen-bond donors (Lipinski definition) is 2. The summed E-state index contributed by atoms with van der Waals surface area (Å²) >= 11 is 9.28. The first kappa shape index (κ1) is 20.9. The van der Waals surface area contributed by atoms with Crippen molar-refractivity contribution in [1.82, 2.24) is 10.9 Å². The van der Waals surface area contributed by atoms with Crippen molar-refractivity contribution in [2.24, 2.45) is 0 Å². The molecule has 0 aliphatic rings. The van der Waals surface area contributed by atoms with Crippen molar-refractivity contribution in [3.63, 3.8) is 0 Å². The van der Waals surface area contributed by atoms with Crippen LogP contribution in [0.5, 0.6) is 5.75 Å². The lowest BCUT2D eigenvalue weighted by atomic mass is 10.1. The van der Waals surface area contributed by atoms with E-state index in [0.717, 1.165) is 21.2 Å². The number of benzene rings is 3. The van der Waals surface area contributed by atoms with Gasteiger partial charge in [0, 0.05) is 5.02 Å². The number of halogens is 2. The van der Waals surface area contributed by atoms with Gasteiger partial charge in [0.05, 0.1) is 10.9 Å². The molecule has 2 amide bonds. The zero-order valence-corrected chi connectivity index (χ0v) is 17.7. The molecule has 0 atom stereocenters. The van der Waals surface area contributed by atoms with E-state index >= 15 is 0 Å². The zero-order chi connectivity index (χ0) is 20.6. The quantitative estimate of drug-likeness (QED) is 0.517. The fourth-order valence-corrected chi connectivity index (χ4v) is 3.20. The van der Waals surface area contributed by atoms with Gasteiger partial charge in [0.15, 0.2) is 6.61 Å². The molecule has 0 unspecified atom stereocenters. The minimum atomic E-state index is -0.464. The maximum Gasteiger partial charge on any atom is 0.276 e. The smallest absolute Gasteiger partial charge is 0.276 e. The molecular weight excluding hydrogens is 456 g/mol. The summed E-state index contributed by atoms with van der Waals surface area (Å²) in [6.45, 7) is -0.232. The summed E-state index contributed by atoms with van der Waals surface area (Å²) in [5.41, 5.74) is 7.61. The number of carbonyl (C=O) groups is 2. The highest BCUT2D eigenvalue weighted by Crippen LogP contribution is 2.30. The monoisotopic (exact) mass is 472 g/mol. The maximum atomic E-state index is 11.9. The zero-order valence-electron chi connectivity index (χ0n) is 15.3. The largest absolute Gasteiger partial charge is 0.483 e. The highest BCUT2D eigenvalue weighted by molar-refractivity contribution is 9.10. The third kappa shape index (κ3) is 6.34. The van der Waals surface area contributed by atoms with Gasteiger partial charge in [0.1, 0.15) is 5.75 Å². The van der Waals surface area contributed by atoms with Crippen molar-refractivity contribution >= 4 is 39.3 Å². The standard InChI is InChI=1S/C22H18BrClN2O3/c23-19-13-17(16-4-2-1-3-5-16)8-11-20(19)29-14-22(28)26-25-21(27)12-15-6-9-18(24)10-7-15/h1-11,13H,12,14H2,(H,25,27)(H,26,28). The Labute approximate surface area is 182 Å². The number of hydrazine groups is 1. The second kappa shape index (κ2) is 10.1. The molecule has 3 aromatic rings. The van der Waals surface area contributed by atoms with Gasteiger partial charge in [-0.15, -0.1) is 0 Å². The van der Waals surface area contributed by atoms with E-state index in [4.69, 9.17) is 16.3 Å². The first-order valence-electron chi connectivity index (χ1n) is 8.81. The number of hydrogen-bond acceptors (Lipinski definition) is 3. The second-order valence-electron chi connectivity index (χ2n) is 6.20. The molecule has 148 valence electrons. The van der Waals surface area contributed by atoms with E-state index in [9.17, 15) is 9.59 Å². The Morgan fingerprint density at radius 3 is 2.24 bits per heavy atom. The molecule has 7 heteroatoms. The molecule has 0 heterocycles. The summed E-state index contributed by atoms with van der Waals surface area (Å²) in [6, 6.07) is 22.5. The lowest BCUT2D eigenvalue weighted by Crippen LogP contribution is -2.44. The summed E-state index contributed by atoms with van der Waals surface area (Å²) in [5, 5.41) is 0.600. The van der Waals surface area contributed by atoms with E-state index in [1.165, 1.54) is 0 Å². The summed E-state index contributed by atoms with van der Waals surface area (Å²) in [6.07, 6.45) is 0.130. The average Bonchev–Trinajstić information content (AvgIpc) is 2.73. The van der Waals surface area contributed by atoms with Crippen LogP contribution in [-0.2, 0) is 16.0 Å². The van der Waals surface area contributed by atoms with Gasteiger partial charge < -0.3 is 4.74 Å². The van der Waals surface area contributed by atoms with Crippen LogP contribution in [0.2, 0.25) is 5.02 Å². The van der Waals surface area contributed by atoms with E-state index in [1.807, 2.05) is 42.5 Å². The molecule has 0 aromatic heterocycles. The minimum absolute atomic E-state index is 0.130. The van der Waals surface area contributed by atoms with Crippen molar-refractivity contribution in [2.75, 3.05) is 6.61 Å². The van der Waals surface area contributed by atoms with Crippen molar-refractivity contribution < 1.29 is 14.3 Å². The first-order chi connectivity index (χ1) is 14.0. The Bertz CT molecular complexity index is 995. The van der Waals surface area contributed by atoms with E-state index in [0.29, 0.717) is 10.8 Å². The number of amides is 2. The predicted octanol–water partition coefficient (Wildman–Crippen LogP) is 4.54. The molecule has 5 nitrogen and oxygen atoms in total.